The van der Waals surface area contributed by atoms with Crippen molar-refractivity contribution in [3.63, 3.8) is 0 Å². The molecule has 1 aromatic carbocycles. The molecule has 0 unspecified atom stereocenters. The average Bonchev–Trinajstić information content (AvgIpc) is 2.66. The number of methoxy groups -OCH3 is 2. The fraction of sp³-hybridized carbons (Fsp3) is 0.600. The Balaban J connectivity index is 2.10. The first-order valence-electron chi connectivity index (χ1n) is 9.38. The van der Waals surface area contributed by atoms with Crippen molar-refractivity contribution in [2.24, 2.45) is 5.92 Å². The summed E-state index contributed by atoms with van der Waals surface area (Å²) in [6.07, 6.45) is 2.85. The van der Waals surface area contributed by atoms with E-state index in [1.54, 1.807) is 18.2 Å². The van der Waals surface area contributed by atoms with Crippen LogP contribution in [0.25, 0.3) is 0 Å². The second kappa shape index (κ2) is 9.60. The summed E-state index contributed by atoms with van der Waals surface area (Å²) >= 11 is 0. The van der Waals surface area contributed by atoms with E-state index in [0.29, 0.717) is 23.5 Å². The standard InChI is InChI=1S/C20H30N2O5/c1-12(2)18(20(25)21-16-7-5-6-8-17(16)23)22-19(24)13-9-14(26-3)11-15(10-13)27-4/h9-12,16-18,23H,5-8H2,1-4H3,(H,21,25)(H,22,24)/t16-,17+,18-/m0/s1. The Kier molecular flexibility index (Phi) is 7.47. The molecule has 0 radical (unpaired) electrons. The monoisotopic (exact) mass is 378 g/mol. The Bertz CT molecular complexity index is 640. The Morgan fingerprint density at radius 2 is 1.67 bits per heavy atom. The SMILES string of the molecule is COc1cc(OC)cc(C(=O)N[C@H](C(=O)N[C@H]2CCCC[C@H]2O)C(C)C)c1. The smallest absolute Gasteiger partial charge is 0.252 e. The molecule has 0 heterocycles. The van der Waals surface area contributed by atoms with E-state index in [1.165, 1.54) is 14.2 Å². The zero-order valence-corrected chi connectivity index (χ0v) is 16.5. The molecular formula is C20H30N2O5. The number of amides is 2. The van der Waals surface area contributed by atoms with Crippen LogP contribution in [0.5, 0.6) is 11.5 Å². The van der Waals surface area contributed by atoms with Crippen molar-refractivity contribution in [2.75, 3.05) is 14.2 Å². The summed E-state index contributed by atoms with van der Waals surface area (Å²) in [5, 5.41) is 15.8. The van der Waals surface area contributed by atoms with Gasteiger partial charge in [-0.25, -0.2) is 0 Å². The first-order chi connectivity index (χ1) is 12.8. The normalized spacial score (nSPS) is 20.7. The molecule has 3 N–H and O–H groups in total. The van der Waals surface area contributed by atoms with Gasteiger partial charge in [0.2, 0.25) is 5.91 Å². The van der Waals surface area contributed by atoms with Crippen molar-refractivity contribution in [3.05, 3.63) is 23.8 Å². The van der Waals surface area contributed by atoms with Gasteiger partial charge in [-0.1, -0.05) is 26.7 Å². The van der Waals surface area contributed by atoms with Crippen LogP contribution >= 0.6 is 0 Å². The van der Waals surface area contributed by atoms with Crippen LogP contribution in [0.15, 0.2) is 18.2 Å². The largest absolute Gasteiger partial charge is 0.497 e. The van der Waals surface area contributed by atoms with Gasteiger partial charge in [0.25, 0.3) is 5.91 Å². The number of nitrogens with one attached hydrogen (secondary N) is 2. The average molecular weight is 378 g/mol. The zero-order valence-electron chi connectivity index (χ0n) is 16.5. The molecule has 0 aromatic heterocycles. The Hall–Kier alpha value is -2.28. The molecule has 7 heteroatoms. The van der Waals surface area contributed by atoms with E-state index in [9.17, 15) is 14.7 Å². The lowest BCUT2D eigenvalue weighted by Crippen LogP contribution is -2.55. The van der Waals surface area contributed by atoms with Crippen molar-refractivity contribution < 1.29 is 24.2 Å². The summed E-state index contributed by atoms with van der Waals surface area (Å²) in [5.74, 6) is 0.220. The molecule has 27 heavy (non-hydrogen) atoms. The van der Waals surface area contributed by atoms with Gasteiger partial charge < -0.3 is 25.2 Å². The van der Waals surface area contributed by atoms with Gasteiger partial charge in [-0.05, 0) is 30.9 Å². The van der Waals surface area contributed by atoms with Crippen LogP contribution < -0.4 is 20.1 Å². The molecule has 0 bridgehead atoms. The molecule has 3 atom stereocenters. The molecular weight excluding hydrogens is 348 g/mol. The zero-order chi connectivity index (χ0) is 20.0. The van der Waals surface area contributed by atoms with Crippen LogP contribution in [0.3, 0.4) is 0 Å². The minimum atomic E-state index is -0.705. The van der Waals surface area contributed by atoms with Crippen LogP contribution in [0, 0.1) is 5.92 Å². The van der Waals surface area contributed by atoms with Crippen LogP contribution in [0.4, 0.5) is 0 Å². The first kappa shape index (κ1) is 21.0. The molecule has 0 spiro atoms. The van der Waals surface area contributed by atoms with Crippen molar-refractivity contribution in [3.8, 4) is 11.5 Å². The fourth-order valence-corrected chi connectivity index (χ4v) is 3.25. The molecule has 0 aliphatic heterocycles. The number of aliphatic hydroxyl groups is 1. The Morgan fingerprint density at radius 3 is 2.19 bits per heavy atom. The summed E-state index contributed by atoms with van der Waals surface area (Å²) < 4.78 is 10.4. The second-order valence-corrected chi connectivity index (χ2v) is 7.26. The fourth-order valence-electron chi connectivity index (χ4n) is 3.25. The lowest BCUT2D eigenvalue weighted by Gasteiger charge is -2.31. The van der Waals surface area contributed by atoms with E-state index in [4.69, 9.17) is 9.47 Å². The number of hydrogen-bond acceptors (Lipinski definition) is 5. The number of benzene rings is 1. The third-order valence-corrected chi connectivity index (χ3v) is 4.91. The number of ether oxygens (including phenoxy) is 2. The third kappa shape index (κ3) is 5.60. The summed E-state index contributed by atoms with van der Waals surface area (Å²) in [4.78, 5) is 25.4. The number of carbonyl (C=O) groups is 2. The summed E-state index contributed by atoms with van der Waals surface area (Å²) in [7, 11) is 3.02. The first-order valence-corrected chi connectivity index (χ1v) is 9.38. The summed E-state index contributed by atoms with van der Waals surface area (Å²) in [6.45, 7) is 3.74. The maximum absolute atomic E-state index is 12.7. The van der Waals surface area contributed by atoms with E-state index >= 15 is 0 Å². The lowest BCUT2D eigenvalue weighted by molar-refractivity contribution is -0.125. The molecule has 150 valence electrons. The molecule has 1 fully saturated rings. The second-order valence-electron chi connectivity index (χ2n) is 7.26. The van der Waals surface area contributed by atoms with E-state index in [1.807, 2.05) is 13.8 Å². The summed E-state index contributed by atoms with van der Waals surface area (Å²) in [5.41, 5.74) is 0.349. The minimum Gasteiger partial charge on any atom is -0.497 e. The predicted octanol–water partition coefficient (Wildman–Crippen LogP) is 1.88. The lowest BCUT2D eigenvalue weighted by atomic mass is 9.92. The Morgan fingerprint density at radius 1 is 1.07 bits per heavy atom. The third-order valence-electron chi connectivity index (χ3n) is 4.91. The van der Waals surface area contributed by atoms with Crippen LogP contribution in [0.1, 0.15) is 49.9 Å². The van der Waals surface area contributed by atoms with Crippen molar-refractivity contribution in [2.45, 2.75) is 57.7 Å². The highest BCUT2D eigenvalue weighted by molar-refractivity contribution is 5.98. The quantitative estimate of drug-likeness (QED) is 0.673. The molecule has 1 aliphatic rings. The highest BCUT2D eigenvalue weighted by Crippen LogP contribution is 2.23. The number of hydrogen-bond donors (Lipinski definition) is 3. The minimum absolute atomic E-state index is 0.109. The van der Waals surface area contributed by atoms with E-state index < -0.39 is 12.1 Å². The molecule has 1 saturated carbocycles. The maximum Gasteiger partial charge on any atom is 0.252 e. The molecule has 2 rings (SSSR count). The number of carbonyl (C=O) groups excluding carboxylic acids is 2. The van der Waals surface area contributed by atoms with Gasteiger partial charge in [0.15, 0.2) is 0 Å². The number of rotatable bonds is 7. The molecule has 2 amide bonds. The van der Waals surface area contributed by atoms with Crippen LogP contribution in [-0.2, 0) is 4.79 Å². The van der Waals surface area contributed by atoms with Crippen molar-refractivity contribution in [1.29, 1.82) is 0 Å². The van der Waals surface area contributed by atoms with E-state index in [0.717, 1.165) is 19.3 Å². The predicted molar refractivity (Wildman–Crippen MR) is 102 cm³/mol. The highest BCUT2D eigenvalue weighted by Gasteiger charge is 2.30. The topological polar surface area (TPSA) is 96.9 Å². The highest BCUT2D eigenvalue weighted by atomic mass is 16.5. The summed E-state index contributed by atoms with van der Waals surface area (Å²) in [6, 6.07) is 3.90. The van der Waals surface area contributed by atoms with Gasteiger partial charge in [0.05, 0.1) is 26.4 Å². The van der Waals surface area contributed by atoms with E-state index in [2.05, 4.69) is 10.6 Å². The Labute approximate surface area is 160 Å². The molecule has 1 aromatic rings. The molecule has 1 aliphatic carbocycles. The van der Waals surface area contributed by atoms with Gasteiger partial charge in [-0.2, -0.15) is 0 Å². The maximum atomic E-state index is 12.7. The van der Waals surface area contributed by atoms with Gasteiger partial charge >= 0.3 is 0 Å². The molecule has 7 nitrogen and oxygen atoms in total. The van der Waals surface area contributed by atoms with Crippen molar-refractivity contribution in [1.82, 2.24) is 10.6 Å². The van der Waals surface area contributed by atoms with Gasteiger partial charge in [0, 0.05) is 11.6 Å². The van der Waals surface area contributed by atoms with E-state index in [-0.39, 0.29) is 23.8 Å². The van der Waals surface area contributed by atoms with Crippen molar-refractivity contribution >= 4 is 11.8 Å². The molecule has 0 saturated heterocycles. The van der Waals surface area contributed by atoms with Gasteiger partial charge in [0.1, 0.15) is 17.5 Å². The van der Waals surface area contributed by atoms with Crippen LogP contribution in [0.2, 0.25) is 0 Å². The van der Waals surface area contributed by atoms with Gasteiger partial charge in [-0.15, -0.1) is 0 Å². The van der Waals surface area contributed by atoms with Crippen LogP contribution in [-0.4, -0.2) is 49.3 Å². The van der Waals surface area contributed by atoms with Gasteiger partial charge in [-0.3, -0.25) is 9.59 Å². The number of aliphatic hydroxyl groups excluding tert-OH is 1.